The molecular formula is C21H29FN6O2. The van der Waals surface area contributed by atoms with E-state index in [0.717, 1.165) is 51.1 Å². The van der Waals surface area contributed by atoms with Crippen LogP contribution in [-0.2, 0) is 16.0 Å². The summed E-state index contributed by atoms with van der Waals surface area (Å²) >= 11 is 0. The number of aromatic nitrogens is 4. The van der Waals surface area contributed by atoms with Crippen molar-refractivity contribution < 1.29 is 13.9 Å². The Balaban J connectivity index is 1.46. The molecule has 9 heteroatoms. The fourth-order valence-corrected chi connectivity index (χ4v) is 4.35. The van der Waals surface area contributed by atoms with Gasteiger partial charge in [-0.25, -0.2) is 9.07 Å². The van der Waals surface area contributed by atoms with E-state index in [0.29, 0.717) is 31.4 Å². The van der Waals surface area contributed by atoms with Gasteiger partial charge in [0.25, 0.3) is 0 Å². The van der Waals surface area contributed by atoms with Crippen LogP contribution in [0.5, 0.6) is 0 Å². The number of amides is 1. The van der Waals surface area contributed by atoms with Crippen molar-refractivity contribution in [1.82, 2.24) is 30.0 Å². The molecule has 0 unspecified atom stereocenters. The molecule has 2 atom stereocenters. The first-order chi connectivity index (χ1) is 14.6. The van der Waals surface area contributed by atoms with Gasteiger partial charge in [-0.15, -0.1) is 5.10 Å². The normalized spacial score (nSPS) is 21.5. The molecule has 162 valence electrons. The lowest BCUT2D eigenvalue weighted by Crippen LogP contribution is -2.41. The van der Waals surface area contributed by atoms with Crippen LogP contribution in [0.2, 0.25) is 0 Å². The quantitative estimate of drug-likeness (QED) is 0.712. The second kappa shape index (κ2) is 9.61. The minimum absolute atomic E-state index is 0.0198. The fourth-order valence-electron chi connectivity index (χ4n) is 4.35. The molecule has 1 amide bonds. The molecule has 1 aromatic heterocycles. The molecule has 2 fully saturated rings. The minimum Gasteiger partial charge on any atom is -0.377 e. The van der Waals surface area contributed by atoms with Crippen LogP contribution in [0.25, 0.3) is 0 Å². The number of carbonyl (C=O) groups excluding carboxylic acids is 1. The number of carbonyl (C=O) groups is 1. The van der Waals surface area contributed by atoms with Crippen molar-refractivity contribution in [3.63, 3.8) is 0 Å². The van der Waals surface area contributed by atoms with E-state index in [9.17, 15) is 9.18 Å². The van der Waals surface area contributed by atoms with E-state index < -0.39 is 6.04 Å². The van der Waals surface area contributed by atoms with Gasteiger partial charge in [0.05, 0.1) is 6.10 Å². The molecule has 2 aliphatic rings. The Hall–Kier alpha value is -2.39. The number of tetrazole rings is 1. The SMILES string of the molecule is Cc1nnnn1[C@@H](Cc1cccc(F)c1)C(=O)N1CCCN(C[C@H]2CCCO2)CC1. The van der Waals surface area contributed by atoms with Gasteiger partial charge < -0.3 is 9.64 Å². The molecule has 0 N–H and O–H groups in total. The number of ether oxygens (including phenoxy) is 1. The fraction of sp³-hybridized carbons (Fsp3) is 0.619. The van der Waals surface area contributed by atoms with Crippen molar-refractivity contribution in [1.29, 1.82) is 0 Å². The zero-order chi connectivity index (χ0) is 20.9. The Kier molecular flexibility index (Phi) is 6.69. The summed E-state index contributed by atoms with van der Waals surface area (Å²) in [4.78, 5) is 17.8. The highest BCUT2D eigenvalue weighted by Gasteiger charge is 2.30. The lowest BCUT2D eigenvalue weighted by Gasteiger charge is -2.27. The van der Waals surface area contributed by atoms with E-state index in [4.69, 9.17) is 4.74 Å². The van der Waals surface area contributed by atoms with Crippen LogP contribution in [0.1, 0.15) is 36.7 Å². The largest absolute Gasteiger partial charge is 0.377 e. The molecule has 1 aromatic carbocycles. The van der Waals surface area contributed by atoms with Crippen LogP contribution in [0.3, 0.4) is 0 Å². The Labute approximate surface area is 176 Å². The predicted octanol–water partition coefficient (Wildman–Crippen LogP) is 1.62. The molecule has 0 radical (unpaired) electrons. The van der Waals surface area contributed by atoms with Crippen molar-refractivity contribution >= 4 is 5.91 Å². The summed E-state index contributed by atoms with van der Waals surface area (Å²) in [6.45, 7) is 6.71. The molecule has 0 spiro atoms. The highest BCUT2D eigenvalue weighted by Crippen LogP contribution is 2.20. The van der Waals surface area contributed by atoms with Gasteiger partial charge in [-0.2, -0.15) is 0 Å². The minimum atomic E-state index is -0.591. The third kappa shape index (κ3) is 5.02. The summed E-state index contributed by atoms with van der Waals surface area (Å²) in [5.41, 5.74) is 0.748. The van der Waals surface area contributed by atoms with E-state index >= 15 is 0 Å². The van der Waals surface area contributed by atoms with Gasteiger partial charge in [0, 0.05) is 39.2 Å². The van der Waals surface area contributed by atoms with Crippen molar-refractivity contribution in [2.75, 3.05) is 39.3 Å². The average Bonchev–Trinajstić information content (AvgIpc) is 3.33. The van der Waals surface area contributed by atoms with Crippen LogP contribution in [-0.4, -0.2) is 81.3 Å². The number of aryl methyl sites for hydroxylation is 1. The topological polar surface area (TPSA) is 76.4 Å². The third-order valence-electron chi connectivity index (χ3n) is 5.94. The molecule has 4 rings (SSSR count). The van der Waals surface area contributed by atoms with Crippen LogP contribution in [0.4, 0.5) is 4.39 Å². The van der Waals surface area contributed by atoms with Gasteiger partial charge in [0.2, 0.25) is 5.91 Å². The molecular weight excluding hydrogens is 387 g/mol. The van der Waals surface area contributed by atoms with Gasteiger partial charge in [-0.05, 0) is 60.9 Å². The highest BCUT2D eigenvalue weighted by molar-refractivity contribution is 5.80. The number of hydrogen-bond acceptors (Lipinski definition) is 6. The maximum atomic E-state index is 13.7. The van der Waals surface area contributed by atoms with Gasteiger partial charge in [0.1, 0.15) is 17.7 Å². The Morgan fingerprint density at radius 1 is 1.27 bits per heavy atom. The van der Waals surface area contributed by atoms with E-state index in [1.165, 1.54) is 12.1 Å². The lowest BCUT2D eigenvalue weighted by molar-refractivity contribution is -0.135. The Morgan fingerprint density at radius 2 is 2.17 bits per heavy atom. The summed E-state index contributed by atoms with van der Waals surface area (Å²) in [5.74, 6) is 0.236. The second-order valence-corrected chi connectivity index (χ2v) is 8.13. The first-order valence-electron chi connectivity index (χ1n) is 10.7. The van der Waals surface area contributed by atoms with E-state index in [1.807, 2.05) is 11.0 Å². The van der Waals surface area contributed by atoms with Crippen molar-refractivity contribution in [3.8, 4) is 0 Å². The average molecular weight is 417 g/mol. The molecule has 2 aromatic rings. The first kappa shape index (κ1) is 20.9. The summed E-state index contributed by atoms with van der Waals surface area (Å²) in [5, 5.41) is 11.7. The Morgan fingerprint density at radius 3 is 2.90 bits per heavy atom. The Bertz CT molecular complexity index is 854. The van der Waals surface area contributed by atoms with Gasteiger partial charge in [0.15, 0.2) is 0 Å². The zero-order valence-corrected chi connectivity index (χ0v) is 17.4. The molecule has 0 aliphatic carbocycles. The monoisotopic (exact) mass is 416 g/mol. The first-order valence-corrected chi connectivity index (χ1v) is 10.7. The standard InChI is InChI=1S/C21H29FN6O2/c1-16-23-24-25-28(16)20(14-17-5-2-6-18(22)13-17)21(29)27-9-4-8-26(10-11-27)15-19-7-3-12-30-19/h2,5-6,13,19-20H,3-4,7-12,14-15H2,1H3/t19-,20+/m1/s1. The van der Waals surface area contributed by atoms with Crippen LogP contribution < -0.4 is 0 Å². The summed E-state index contributed by atoms with van der Waals surface area (Å²) in [6.07, 6.45) is 3.83. The predicted molar refractivity (Wildman–Crippen MR) is 108 cm³/mol. The van der Waals surface area contributed by atoms with Crippen molar-refractivity contribution in [2.45, 2.75) is 44.8 Å². The summed E-state index contributed by atoms with van der Waals surface area (Å²) in [6, 6.07) is 5.76. The van der Waals surface area contributed by atoms with E-state index in [2.05, 4.69) is 20.4 Å². The molecule has 30 heavy (non-hydrogen) atoms. The third-order valence-corrected chi connectivity index (χ3v) is 5.94. The second-order valence-electron chi connectivity index (χ2n) is 8.13. The maximum Gasteiger partial charge on any atom is 0.247 e. The van der Waals surface area contributed by atoms with Crippen LogP contribution >= 0.6 is 0 Å². The smallest absolute Gasteiger partial charge is 0.247 e. The van der Waals surface area contributed by atoms with E-state index in [1.54, 1.807) is 17.7 Å². The molecule has 8 nitrogen and oxygen atoms in total. The van der Waals surface area contributed by atoms with Gasteiger partial charge in [-0.1, -0.05) is 12.1 Å². The number of nitrogens with zero attached hydrogens (tertiary/aromatic N) is 6. The summed E-state index contributed by atoms with van der Waals surface area (Å²) < 4.78 is 21.0. The maximum absolute atomic E-state index is 13.7. The molecule has 2 aliphatic heterocycles. The lowest BCUT2D eigenvalue weighted by atomic mass is 10.0. The highest BCUT2D eigenvalue weighted by atomic mass is 19.1. The van der Waals surface area contributed by atoms with Crippen molar-refractivity contribution in [2.24, 2.45) is 0 Å². The molecule has 2 saturated heterocycles. The summed E-state index contributed by atoms with van der Waals surface area (Å²) in [7, 11) is 0. The van der Waals surface area contributed by atoms with Crippen LogP contribution in [0, 0.1) is 12.7 Å². The van der Waals surface area contributed by atoms with Crippen molar-refractivity contribution in [3.05, 3.63) is 41.5 Å². The van der Waals surface area contributed by atoms with Gasteiger partial charge >= 0.3 is 0 Å². The number of rotatable bonds is 6. The van der Waals surface area contributed by atoms with E-state index in [-0.39, 0.29) is 11.7 Å². The molecule has 0 bridgehead atoms. The molecule has 0 saturated carbocycles. The molecule has 3 heterocycles. The number of hydrogen-bond donors (Lipinski definition) is 0. The van der Waals surface area contributed by atoms with Gasteiger partial charge in [-0.3, -0.25) is 9.69 Å². The van der Waals surface area contributed by atoms with Crippen LogP contribution in [0.15, 0.2) is 24.3 Å². The zero-order valence-electron chi connectivity index (χ0n) is 17.4. The number of benzene rings is 1. The number of halogens is 1.